The molecule has 4 heterocycles. The Kier molecular flexibility index (Phi) is 42.9. The van der Waals surface area contributed by atoms with Gasteiger partial charge in [0.2, 0.25) is 0 Å². The van der Waals surface area contributed by atoms with Crippen molar-refractivity contribution in [2.24, 2.45) is 5.41 Å². The van der Waals surface area contributed by atoms with E-state index in [1.54, 1.807) is 0 Å². The van der Waals surface area contributed by atoms with Gasteiger partial charge in [0, 0.05) is 135 Å². The third-order valence-corrected chi connectivity index (χ3v) is 20.6. The molecule has 0 spiro atoms. The fourth-order valence-electron chi connectivity index (χ4n) is 11.2. The molecule has 4 saturated heterocycles. The van der Waals surface area contributed by atoms with Gasteiger partial charge in [-0.1, -0.05) is 0 Å². The van der Waals surface area contributed by atoms with Gasteiger partial charge in [0.15, 0.2) is 66.3 Å². The smallest absolute Gasteiger partial charge is 0.303 e. The van der Waals surface area contributed by atoms with Crippen molar-refractivity contribution in [1.82, 2.24) is 10.6 Å². The fourth-order valence-corrected chi connectivity index (χ4v) is 15.7. The third kappa shape index (κ3) is 33.7. The van der Waals surface area contributed by atoms with Gasteiger partial charge < -0.3 is 121 Å². The van der Waals surface area contributed by atoms with E-state index in [4.69, 9.17) is 107 Å². The maximum Gasteiger partial charge on any atom is 0.303 e. The van der Waals surface area contributed by atoms with E-state index in [2.05, 4.69) is 10.6 Å². The van der Waals surface area contributed by atoms with Crippen molar-refractivity contribution in [1.29, 1.82) is 0 Å². The number of carbonyl (C=O) groups is 12. The molecule has 5 N–H and O–H groups in total. The Bertz CT molecular complexity index is 2690. The molecule has 0 aliphatic carbocycles. The first-order valence-corrected chi connectivity index (χ1v) is 39.1. The van der Waals surface area contributed by atoms with Gasteiger partial charge in [-0.3, -0.25) is 57.5 Å². The first kappa shape index (κ1) is 94.7. The lowest BCUT2D eigenvalue weighted by Crippen LogP contribution is -2.61. The van der Waals surface area contributed by atoms with Crippen LogP contribution in [0.1, 0.15) is 102 Å². The number of esters is 12. The molecular weight excluding hydrogens is 1540 g/mol. The molecular formula is C66H102N2O35S5. The zero-order valence-electron chi connectivity index (χ0n) is 62.4. The van der Waals surface area contributed by atoms with Crippen LogP contribution in [0, 0.1) is 5.41 Å². The summed E-state index contributed by atoms with van der Waals surface area (Å²) >= 11 is 10.6. The minimum absolute atomic E-state index is 0.00513. The lowest BCUT2D eigenvalue weighted by atomic mass is 9.90. The summed E-state index contributed by atoms with van der Waals surface area (Å²) in [6.45, 7) is 12.3. The van der Waals surface area contributed by atoms with E-state index in [0.717, 1.165) is 118 Å². The Morgan fingerprint density at radius 1 is 0.380 bits per heavy atom. The van der Waals surface area contributed by atoms with Crippen molar-refractivity contribution in [3.63, 3.8) is 0 Å². The van der Waals surface area contributed by atoms with Crippen LogP contribution in [0.4, 0.5) is 0 Å². The van der Waals surface area contributed by atoms with Crippen LogP contribution >= 0.6 is 59.3 Å². The molecule has 42 heteroatoms. The van der Waals surface area contributed by atoms with Crippen LogP contribution in [-0.2, 0) is 152 Å². The number of ether oxygens (including phenoxy) is 20. The first-order valence-electron chi connectivity index (χ1n) is 34.4. The van der Waals surface area contributed by atoms with E-state index in [9.17, 15) is 72.9 Å². The zero-order valence-corrected chi connectivity index (χ0v) is 66.5. The number of nitrogens with one attached hydrogen (secondary N) is 2. The second-order valence-electron chi connectivity index (χ2n) is 25.0. The lowest BCUT2D eigenvalue weighted by Gasteiger charge is -2.44. The molecule has 4 rings (SSSR count). The molecule has 0 amide bonds. The highest BCUT2D eigenvalue weighted by atomic mass is 32.2. The number of hydrogen-bond donors (Lipinski definition) is 5. The molecule has 0 aromatic rings. The van der Waals surface area contributed by atoms with Crippen LogP contribution < -0.4 is 10.6 Å². The molecule has 0 unspecified atom stereocenters. The minimum Gasteiger partial charge on any atom is -0.463 e. The molecule has 616 valence electrons. The maximum atomic E-state index is 12.6. The summed E-state index contributed by atoms with van der Waals surface area (Å²) in [4.78, 5) is 149. The third-order valence-electron chi connectivity index (χ3n) is 15.6. The van der Waals surface area contributed by atoms with Gasteiger partial charge in [0.1, 0.15) is 72.8 Å². The van der Waals surface area contributed by atoms with Gasteiger partial charge in [-0.05, 0) is 48.7 Å². The van der Waals surface area contributed by atoms with Crippen molar-refractivity contribution in [3.8, 4) is 0 Å². The van der Waals surface area contributed by atoms with E-state index >= 15 is 0 Å². The second kappa shape index (κ2) is 48.9. The fraction of sp³-hybridized carbons (Fsp3) is 0.803. The molecule has 0 bridgehead atoms. The Hall–Kier alpha value is -5.71. The number of rotatable bonds is 44. The standard InChI is InChI=1S/C66H102N2O35S5/c1-33(69)88-25-45-52(91-36(4)72)55(94-39(7)75)58(97-42(10)78)62(101-45)106-21-14-18-85-30-66(29-68-65(104)67-17-24-105-28-48-49(81)50(82)51(83)61(84-13)100-48,31-86-19-15-22-107-63-59(98-43(11)79)56(95-40(8)76)53(92-37(5)73)46(102-63)26-89-34(2)70)32-87-20-16-23-108-64-60(99-44(12)80)57(96-41(9)77)54(93-38(6)74)47(103-64)27-90-35(3)71/h45-64,81-83H,14-32H2,1-13H3,(H2,67,68,104)/t45-,46-,47-,48-,49-,50+,51-,52-,53-,54-,55+,56+,57+,58+,59+,60+,61+,62-,63-,64-/m1/s1. The summed E-state index contributed by atoms with van der Waals surface area (Å²) < 4.78 is 115. The molecule has 4 aliphatic rings. The summed E-state index contributed by atoms with van der Waals surface area (Å²) in [5.74, 6) is -7.94. The van der Waals surface area contributed by atoms with Gasteiger partial charge in [-0.2, -0.15) is 11.8 Å². The highest BCUT2D eigenvalue weighted by Gasteiger charge is 2.56. The molecule has 108 heavy (non-hydrogen) atoms. The summed E-state index contributed by atoms with van der Waals surface area (Å²) in [5, 5.41) is 37.9. The number of hydrogen-bond acceptors (Lipinski definition) is 40. The Balaban J connectivity index is 1.67. The maximum absolute atomic E-state index is 12.6. The number of thioether (sulfide) groups is 4. The number of carbonyl (C=O) groups excluding carboxylic acids is 12. The van der Waals surface area contributed by atoms with Gasteiger partial charge >= 0.3 is 71.6 Å². The molecule has 0 radical (unpaired) electrons. The molecule has 20 atom stereocenters. The van der Waals surface area contributed by atoms with Gasteiger partial charge in [0.25, 0.3) is 0 Å². The molecule has 0 aromatic carbocycles. The highest BCUT2D eigenvalue weighted by molar-refractivity contribution is 8.00. The summed E-state index contributed by atoms with van der Waals surface area (Å²) in [7, 11) is 1.29. The minimum atomic E-state index is -1.52. The quantitative estimate of drug-likeness (QED) is 0.0237. The van der Waals surface area contributed by atoms with Crippen LogP contribution in [0.2, 0.25) is 0 Å². The highest BCUT2D eigenvalue weighted by Crippen LogP contribution is 2.39. The molecule has 37 nitrogen and oxygen atoms in total. The van der Waals surface area contributed by atoms with Crippen LogP contribution in [0.5, 0.6) is 0 Å². The molecule has 4 aliphatic heterocycles. The second-order valence-corrected chi connectivity index (χ2v) is 30.1. The van der Waals surface area contributed by atoms with Crippen molar-refractivity contribution in [3.05, 3.63) is 0 Å². The zero-order chi connectivity index (χ0) is 80.4. The van der Waals surface area contributed by atoms with Crippen molar-refractivity contribution in [2.75, 3.05) is 108 Å². The first-order chi connectivity index (χ1) is 51.0. The molecule has 4 fully saturated rings. The summed E-state index contributed by atoms with van der Waals surface area (Å²) in [5.41, 5.74) is -4.41. The molecule has 0 saturated carbocycles. The summed E-state index contributed by atoms with van der Waals surface area (Å²) in [6, 6.07) is 0. The average molecular weight is 1640 g/mol. The average Bonchev–Trinajstić information content (AvgIpc) is 0.802. The van der Waals surface area contributed by atoms with E-state index < -0.39 is 217 Å². The SMILES string of the molecule is CO[C@H]1O[C@H](CSCCNC(=S)NCC(COCCCS[C@H]2O[C@H](COC(C)=O)[C@@H](OC(C)=O)[C@H](OC(C)=O)[C@@H]2OC(C)=O)(COCCCS[C@H]2O[C@H](COC(C)=O)[C@@H](OC(C)=O)[C@H](OC(C)=O)[C@@H]2OC(C)=O)COCCCS[C@H]2O[C@H](COC(C)=O)[C@@H](OC(C)=O)[C@H](OC(C)=O)[C@@H]2OC(C)=O)[C@@H](O)[C@H](O)[C@H]1O. The predicted molar refractivity (Wildman–Crippen MR) is 382 cm³/mol. The van der Waals surface area contributed by atoms with E-state index in [-0.39, 0.29) is 100 Å². The van der Waals surface area contributed by atoms with Gasteiger partial charge in [0.05, 0.1) is 31.3 Å². The van der Waals surface area contributed by atoms with E-state index in [1.165, 1.54) is 18.9 Å². The molecule has 0 aromatic heterocycles. The van der Waals surface area contributed by atoms with Crippen LogP contribution in [0.3, 0.4) is 0 Å². The number of thiocarbonyl (C=S) groups is 1. The largest absolute Gasteiger partial charge is 0.463 e. The Labute approximate surface area is 647 Å². The van der Waals surface area contributed by atoms with Gasteiger partial charge in [-0.15, -0.1) is 35.3 Å². The Morgan fingerprint density at radius 2 is 0.685 bits per heavy atom. The number of methoxy groups -OCH3 is 1. The van der Waals surface area contributed by atoms with Crippen molar-refractivity contribution >= 4 is 136 Å². The monoisotopic (exact) mass is 1640 g/mol. The summed E-state index contributed by atoms with van der Waals surface area (Å²) in [6.07, 6.45) is -21.5. The lowest BCUT2D eigenvalue weighted by molar-refractivity contribution is -0.284. The number of aliphatic hydroxyl groups is 3. The van der Waals surface area contributed by atoms with Gasteiger partial charge in [-0.25, -0.2) is 0 Å². The van der Waals surface area contributed by atoms with E-state index in [1.807, 2.05) is 0 Å². The van der Waals surface area contributed by atoms with Crippen LogP contribution in [-0.4, -0.2) is 321 Å². The van der Waals surface area contributed by atoms with Crippen molar-refractivity contribution < 1.29 is 168 Å². The number of aliphatic hydroxyl groups excluding tert-OH is 3. The normalized spacial score (nSPS) is 28.2. The van der Waals surface area contributed by atoms with Crippen LogP contribution in [0.15, 0.2) is 0 Å². The van der Waals surface area contributed by atoms with E-state index in [0.29, 0.717) is 5.75 Å². The Morgan fingerprint density at radius 3 is 0.981 bits per heavy atom. The van der Waals surface area contributed by atoms with Crippen molar-refractivity contribution in [2.45, 2.75) is 223 Å². The predicted octanol–water partition coefficient (Wildman–Crippen LogP) is 0.293. The van der Waals surface area contributed by atoms with Crippen LogP contribution in [0.25, 0.3) is 0 Å². The topological polar surface area (TPSA) is 474 Å².